The fourth-order valence-corrected chi connectivity index (χ4v) is 4.08. The first-order chi connectivity index (χ1) is 11.3. The van der Waals surface area contributed by atoms with Gasteiger partial charge in [0.05, 0.1) is 20.6 Å². The zero-order valence-corrected chi connectivity index (χ0v) is 14.4. The third kappa shape index (κ3) is 3.78. The van der Waals surface area contributed by atoms with E-state index in [1.54, 1.807) is 0 Å². The minimum Gasteiger partial charge on any atom is -0.293 e. The molecule has 0 atom stereocenters. The van der Waals surface area contributed by atoms with Crippen LogP contribution in [-0.2, 0) is 14.8 Å². The zero-order chi connectivity index (χ0) is 17.9. The van der Waals surface area contributed by atoms with Crippen LogP contribution >= 0.6 is 23.2 Å². The number of anilines is 1. The van der Waals surface area contributed by atoms with Gasteiger partial charge in [0, 0.05) is 0 Å². The molecule has 0 bridgehead atoms. The molecule has 24 heavy (non-hydrogen) atoms. The number of hydrogen-bond donors (Lipinski definition) is 2. The third-order valence-corrected chi connectivity index (χ3v) is 5.41. The Hall–Kier alpha value is -1.87. The standard InChI is InChI=1S/C14H12Cl2FN3O3S/c15-11-2-1-3-12(16)14(11)20(8-13(21)19-18)24(22,23)10-6-4-9(17)5-7-10/h1-7H,8,18H2,(H,19,21). The maximum Gasteiger partial charge on any atom is 0.264 e. The molecule has 2 aromatic rings. The summed E-state index contributed by atoms with van der Waals surface area (Å²) in [5.74, 6) is 3.66. The first kappa shape index (κ1) is 18.5. The van der Waals surface area contributed by atoms with Crippen LogP contribution in [0.4, 0.5) is 10.1 Å². The molecule has 0 saturated heterocycles. The van der Waals surface area contributed by atoms with Gasteiger partial charge in [0.2, 0.25) is 0 Å². The van der Waals surface area contributed by atoms with Crippen LogP contribution in [0, 0.1) is 5.82 Å². The summed E-state index contributed by atoms with van der Waals surface area (Å²) in [7, 11) is -4.24. The lowest BCUT2D eigenvalue weighted by molar-refractivity contribution is -0.119. The van der Waals surface area contributed by atoms with Gasteiger partial charge in [-0.15, -0.1) is 0 Å². The summed E-state index contributed by atoms with van der Waals surface area (Å²) in [5, 5.41) is 0.0519. The van der Waals surface area contributed by atoms with Gasteiger partial charge in [-0.25, -0.2) is 18.7 Å². The quantitative estimate of drug-likeness (QED) is 0.464. The second kappa shape index (κ2) is 7.35. The lowest BCUT2D eigenvalue weighted by Gasteiger charge is -2.25. The minimum atomic E-state index is -4.24. The van der Waals surface area contributed by atoms with Gasteiger partial charge >= 0.3 is 0 Å². The number of hydrazine groups is 1. The Labute approximate surface area is 148 Å². The van der Waals surface area contributed by atoms with Crippen molar-refractivity contribution in [3.63, 3.8) is 0 Å². The van der Waals surface area contributed by atoms with Gasteiger partial charge < -0.3 is 0 Å². The van der Waals surface area contributed by atoms with Crippen molar-refractivity contribution in [1.29, 1.82) is 0 Å². The van der Waals surface area contributed by atoms with Crippen LogP contribution in [0.1, 0.15) is 0 Å². The molecule has 3 N–H and O–H groups in total. The van der Waals surface area contributed by atoms with E-state index in [0.29, 0.717) is 4.31 Å². The highest BCUT2D eigenvalue weighted by molar-refractivity contribution is 7.92. The fraction of sp³-hybridized carbons (Fsp3) is 0.0714. The van der Waals surface area contributed by atoms with E-state index in [1.165, 1.54) is 18.2 Å². The maximum atomic E-state index is 13.1. The number of amides is 1. The van der Waals surface area contributed by atoms with Crippen molar-refractivity contribution < 1.29 is 17.6 Å². The van der Waals surface area contributed by atoms with Crippen LogP contribution in [-0.4, -0.2) is 20.9 Å². The number of nitrogens with one attached hydrogen (secondary N) is 1. The van der Waals surface area contributed by atoms with Gasteiger partial charge in [-0.1, -0.05) is 29.3 Å². The van der Waals surface area contributed by atoms with Crippen molar-refractivity contribution in [2.45, 2.75) is 4.90 Å². The van der Waals surface area contributed by atoms with E-state index in [9.17, 15) is 17.6 Å². The number of rotatable bonds is 5. The van der Waals surface area contributed by atoms with Crippen LogP contribution in [0.2, 0.25) is 10.0 Å². The van der Waals surface area contributed by atoms with Gasteiger partial charge in [0.1, 0.15) is 12.4 Å². The van der Waals surface area contributed by atoms with Gasteiger partial charge in [0.15, 0.2) is 0 Å². The molecule has 6 nitrogen and oxygen atoms in total. The Morgan fingerprint density at radius 3 is 2.17 bits per heavy atom. The van der Waals surface area contributed by atoms with E-state index in [1.807, 2.05) is 5.43 Å². The molecule has 0 unspecified atom stereocenters. The summed E-state index contributed by atoms with van der Waals surface area (Å²) in [6.45, 7) is -0.653. The van der Waals surface area contributed by atoms with Crippen LogP contribution in [0.25, 0.3) is 0 Å². The molecular formula is C14H12Cl2FN3O3S. The lowest BCUT2D eigenvalue weighted by atomic mass is 10.3. The molecule has 0 heterocycles. The SMILES string of the molecule is NNC(=O)CN(c1c(Cl)cccc1Cl)S(=O)(=O)c1ccc(F)cc1. The molecule has 0 aliphatic carbocycles. The van der Waals surface area contributed by atoms with Crippen molar-refractivity contribution in [3.05, 3.63) is 58.3 Å². The second-order valence-electron chi connectivity index (χ2n) is 4.60. The van der Waals surface area contributed by atoms with E-state index in [-0.39, 0.29) is 20.6 Å². The highest BCUT2D eigenvalue weighted by Gasteiger charge is 2.30. The second-order valence-corrected chi connectivity index (χ2v) is 7.28. The summed E-state index contributed by atoms with van der Waals surface area (Å²) in [6, 6.07) is 8.50. The summed E-state index contributed by atoms with van der Waals surface area (Å²) >= 11 is 12.1. The van der Waals surface area contributed by atoms with E-state index in [2.05, 4.69) is 0 Å². The maximum absolute atomic E-state index is 13.1. The van der Waals surface area contributed by atoms with Gasteiger partial charge in [-0.3, -0.25) is 14.5 Å². The topological polar surface area (TPSA) is 92.5 Å². The first-order valence-corrected chi connectivity index (χ1v) is 8.68. The van der Waals surface area contributed by atoms with Gasteiger partial charge in [-0.05, 0) is 36.4 Å². The van der Waals surface area contributed by atoms with Crippen molar-refractivity contribution in [2.24, 2.45) is 5.84 Å². The molecule has 0 fully saturated rings. The number of nitrogens with zero attached hydrogens (tertiary/aromatic N) is 1. The molecule has 0 aliphatic heterocycles. The molecule has 0 radical (unpaired) electrons. The van der Waals surface area contributed by atoms with Crippen molar-refractivity contribution in [2.75, 3.05) is 10.8 Å². The van der Waals surface area contributed by atoms with Gasteiger partial charge in [-0.2, -0.15) is 0 Å². The molecule has 1 amide bonds. The Morgan fingerprint density at radius 2 is 1.67 bits per heavy atom. The van der Waals surface area contributed by atoms with Crippen molar-refractivity contribution in [1.82, 2.24) is 5.43 Å². The Balaban J connectivity index is 2.62. The average Bonchev–Trinajstić information content (AvgIpc) is 2.53. The molecule has 2 aromatic carbocycles. The number of benzene rings is 2. The molecule has 0 saturated carbocycles. The fourth-order valence-electron chi connectivity index (χ4n) is 1.92. The summed E-state index contributed by atoms with van der Waals surface area (Å²) in [4.78, 5) is 11.4. The van der Waals surface area contributed by atoms with Crippen LogP contribution in [0.5, 0.6) is 0 Å². The smallest absolute Gasteiger partial charge is 0.264 e. The Kier molecular flexibility index (Phi) is 5.66. The van der Waals surface area contributed by atoms with E-state index >= 15 is 0 Å². The predicted octanol–water partition coefficient (Wildman–Crippen LogP) is 2.32. The van der Waals surface area contributed by atoms with Crippen molar-refractivity contribution >= 4 is 44.8 Å². The number of halogens is 3. The third-order valence-electron chi connectivity index (χ3n) is 3.04. The van der Waals surface area contributed by atoms with Crippen LogP contribution in [0.15, 0.2) is 47.4 Å². The normalized spacial score (nSPS) is 11.2. The summed E-state index contributed by atoms with van der Waals surface area (Å²) in [6.07, 6.45) is 0. The number of nitrogens with two attached hydrogens (primary N) is 1. The van der Waals surface area contributed by atoms with Crippen LogP contribution in [0.3, 0.4) is 0 Å². The highest BCUT2D eigenvalue weighted by atomic mass is 35.5. The molecule has 128 valence electrons. The predicted molar refractivity (Wildman–Crippen MR) is 89.7 cm³/mol. The highest BCUT2D eigenvalue weighted by Crippen LogP contribution is 2.36. The van der Waals surface area contributed by atoms with Crippen molar-refractivity contribution in [3.8, 4) is 0 Å². The lowest BCUT2D eigenvalue weighted by Crippen LogP contribution is -2.43. The average molecular weight is 392 g/mol. The van der Waals surface area contributed by atoms with E-state index in [4.69, 9.17) is 29.0 Å². The largest absolute Gasteiger partial charge is 0.293 e. The molecule has 2 rings (SSSR count). The minimum absolute atomic E-state index is 0.0259. The number of carbonyl (C=O) groups excluding carboxylic acids is 1. The molecule has 0 spiro atoms. The van der Waals surface area contributed by atoms with E-state index in [0.717, 1.165) is 24.3 Å². The number of sulfonamides is 1. The molecular weight excluding hydrogens is 380 g/mol. The summed E-state index contributed by atoms with van der Waals surface area (Å²) in [5.41, 5.74) is 1.77. The Morgan fingerprint density at radius 1 is 1.12 bits per heavy atom. The number of hydrogen-bond acceptors (Lipinski definition) is 4. The number of carbonyl (C=O) groups is 1. The number of para-hydroxylation sites is 1. The molecule has 0 aromatic heterocycles. The van der Waals surface area contributed by atoms with Gasteiger partial charge in [0.25, 0.3) is 15.9 Å². The first-order valence-electron chi connectivity index (χ1n) is 6.49. The molecule has 10 heteroatoms. The van der Waals surface area contributed by atoms with E-state index < -0.39 is 28.3 Å². The Bertz CT molecular complexity index is 840. The van der Waals surface area contributed by atoms with Crippen LogP contribution < -0.4 is 15.6 Å². The summed E-state index contributed by atoms with van der Waals surface area (Å²) < 4.78 is 39.5. The monoisotopic (exact) mass is 391 g/mol. The molecule has 0 aliphatic rings. The zero-order valence-electron chi connectivity index (χ0n) is 12.0.